The summed E-state index contributed by atoms with van der Waals surface area (Å²) in [6.45, 7) is 3.34. The third-order valence-electron chi connectivity index (χ3n) is 6.78. The van der Waals surface area contributed by atoms with Crippen LogP contribution < -0.4 is 15.5 Å². The molecule has 2 N–H and O–H groups in total. The summed E-state index contributed by atoms with van der Waals surface area (Å²) in [6.07, 6.45) is 3.57. The fourth-order valence-corrected chi connectivity index (χ4v) is 5.19. The van der Waals surface area contributed by atoms with Crippen LogP contribution >= 0.6 is 12.2 Å². The zero-order valence-electron chi connectivity index (χ0n) is 20.4. The third-order valence-corrected chi connectivity index (χ3v) is 6.98. The summed E-state index contributed by atoms with van der Waals surface area (Å²) in [6, 6.07) is 22.1. The molecule has 0 bridgehead atoms. The number of nitrogens with one attached hydrogen (secondary N) is 2. The molecule has 0 atom stereocenters. The van der Waals surface area contributed by atoms with Gasteiger partial charge in [-0.3, -0.25) is 9.97 Å². The van der Waals surface area contributed by atoms with Gasteiger partial charge in [0.15, 0.2) is 5.11 Å². The maximum atomic E-state index is 5.59. The number of hydrogen-bond donors (Lipinski definition) is 2. The van der Waals surface area contributed by atoms with Gasteiger partial charge in [0.05, 0.1) is 35.3 Å². The van der Waals surface area contributed by atoms with Gasteiger partial charge in [-0.15, -0.1) is 0 Å². The van der Waals surface area contributed by atoms with Crippen molar-refractivity contribution in [3.05, 3.63) is 79.1 Å². The van der Waals surface area contributed by atoms with Crippen LogP contribution in [-0.4, -0.2) is 51.4 Å². The molecular formula is C29H23N7OS. The Hall–Kier alpha value is -4.47. The minimum atomic E-state index is 0.500. The smallest absolute Gasteiger partial charge is 0.175 e. The topological polar surface area (TPSA) is 88.1 Å². The standard InChI is InChI=1S/C29H23N7OS/c38-29(32-18-5-8-20(9-6-18)36-13-15-37-16-14-36)33-19-7-10-23-24(17-19)35-28-26-22(4-2-12-31-26)21-3-1-11-30-25(21)27(28)34-23/h1-12,17H,13-16H2,(H2,32,33,38). The molecule has 0 amide bonds. The molecule has 3 aromatic heterocycles. The summed E-state index contributed by atoms with van der Waals surface area (Å²) in [5, 5.41) is 9.07. The highest BCUT2D eigenvalue weighted by molar-refractivity contribution is 7.80. The predicted octanol–water partition coefficient (Wildman–Crippen LogP) is 5.52. The first-order valence-corrected chi connectivity index (χ1v) is 12.9. The second-order valence-electron chi connectivity index (χ2n) is 9.15. The van der Waals surface area contributed by atoms with Crippen LogP contribution in [-0.2, 0) is 4.74 Å². The lowest BCUT2D eigenvalue weighted by Gasteiger charge is -2.29. The van der Waals surface area contributed by atoms with Gasteiger partial charge in [-0.1, -0.05) is 12.1 Å². The quantitative estimate of drug-likeness (QED) is 0.179. The van der Waals surface area contributed by atoms with Crippen molar-refractivity contribution in [1.29, 1.82) is 0 Å². The maximum absolute atomic E-state index is 5.59. The van der Waals surface area contributed by atoms with Crippen molar-refractivity contribution in [2.24, 2.45) is 0 Å². The van der Waals surface area contributed by atoms with E-state index in [9.17, 15) is 0 Å². The van der Waals surface area contributed by atoms with Crippen molar-refractivity contribution in [2.75, 3.05) is 41.8 Å². The van der Waals surface area contributed by atoms with E-state index in [0.717, 1.165) is 81.6 Å². The van der Waals surface area contributed by atoms with Crippen molar-refractivity contribution in [3.63, 3.8) is 0 Å². The van der Waals surface area contributed by atoms with E-state index in [1.807, 2.05) is 48.5 Å². The Morgan fingerprint density at radius 1 is 0.711 bits per heavy atom. The molecule has 8 nitrogen and oxygen atoms in total. The second-order valence-corrected chi connectivity index (χ2v) is 9.56. The first-order valence-electron chi connectivity index (χ1n) is 12.5. The van der Waals surface area contributed by atoms with Crippen LogP contribution in [0.3, 0.4) is 0 Å². The number of fused-ring (bicyclic) bond motifs is 7. The van der Waals surface area contributed by atoms with Crippen LogP contribution in [0.4, 0.5) is 17.1 Å². The lowest BCUT2D eigenvalue weighted by molar-refractivity contribution is 0.122. The molecule has 186 valence electrons. The summed E-state index contributed by atoms with van der Waals surface area (Å²) < 4.78 is 5.44. The van der Waals surface area contributed by atoms with Gasteiger partial charge in [-0.05, 0) is 66.8 Å². The van der Waals surface area contributed by atoms with Gasteiger partial charge in [0.25, 0.3) is 0 Å². The zero-order valence-corrected chi connectivity index (χ0v) is 21.2. The molecule has 1 fully saturated rings. The fraction of sp³-hybridized carbons (Fsp3) is 0.138. The van der Waals surface area contributed by atoms with Gasteiger partial charge in [0.1, 0.15) is 11.0 Å². The number of ether oxygens (including phenoxy) is 1. The molecule has 0 saturated carbocycles. The fourth-order valence-electron chi connectivity index (χ4n) is 4.96. The van der Waals surface area contributed by atoms with Gasteiger partial charge in [0, 0.05) is 53.3 Å². The van der Waals surface area contributed by atoms with E-state index in [1.165, 1.54) is 5.69 Å². The SMILES string of the molecule is S=C(Nc1ccc(N2CCOCC2)cc1)Nc1ccc2nc3c4ncccc4c4cccnc4c3nc2c1. The highest BCUT2D eigenvalue weighted by Crippen LogP contribution is 2.32. The van der Waals surface area contributed by atoms with Crippen LogP contribution in [0.15, 0.2) is 79.1 Å². The molecule has 1 aliphatic rings. The van der Waals surface area contributed by atoms with Gasteiger partial charge >= 0.3 is 0 Å². The molecule has 6 aromatic rings. The summed E-state index contributed by atoms with van der Waals surface area (Å²) in [7, 11) is 0. The molecule has 4 heterocycles. The van der Waals surface area contributed by atoms with E-state index in [-0.39, 0.29) is 0 Å². The summed E-state index contributed by atoms with van der Waals surface area (Å²) in [5.41, 5.74) is 7.58. The van der Waals surface area contributed by atoms with E-state index in [2.05, 4.69) is 43.7 Å². The van der Waals surface area contributed by atoms with E-state index in [1.54, 1.807) is 12.4 Å². The summed E-state index contributed by atoms with van der Waals surface area (Å²) in [4.78, 5) is 21.5. The lowest BCUT2D eigenvalue weighted by atomic mass is 10.1. The van der Waals surface area contributed by atoms with Crippen molar-refractivity contribution >= 4 is 78.3 Å². The highest BCUT2D eigenvalue weighted by Gasteiger charge is 2.14. The molecule has 3 aromatic carbocycles. The van der Waals surface area contributed by atoms with Crippen LogP contribution in [0.2, 0.25) is 0 Å². The number of rotatable bonds is 3. The molecule has 0 unspecified atom stereocenters. The zero-order chi connectivity index (χ0) is 25.5. The molecule has 38 heavy (non-hydrogen) atoms. The second kappa shape index (κ2) is 9.44. The maximum Gasteiger partial charge on any atom is 0.175 e. The van der Waals surface area contributed by atoms with Crippen LogP contribution in [0.25, 0.3) is 43.9 Å². The van der Waals surface area contributed by atoms with Crippen molar-refractivity contribution in [3.8, 4) is 0 Å². The number of anilines is 3. The largest absolute Gasteiger partial charge is 0.378 e. The number of thiocarbonyl (C=S) groups is 1. The van der Waals surface area contributed by atoms with Crippen molar-refractivity contribution in [1.82, 2.24) is 19.9 Å². The normalized spacial score (nSPS) is 13.8. The van der Waals surface area contributed by atoms with Gasteiger partial charge in [0.2, 0.25) is 0 Å². The molecule has 1 saturated heterocycles. The molecular weight excluding hydrogens is 494 g/mol. The Balaban J connectivity index is 1.17. The average molecular weight is 518 g/mol. The Kier molecular flexibility index (Phi) is 5.64. The Labute approximate surface area is 223 Å². The number of nitrogens with zero attached hydrogens (tertiary/aromatic N) is 5. The van der Waals surface area contributed by atoms with Gasteiger partial charge < -0.3 is 20.3 Å². The minimum absolute atomic E-state index is 0.500. The van der Waals surface area contributed by atoms with Gasteiger partial charge in [-0.25, -0.2) is 9.97 Å². The van der Waals surface area contributed by atoms with Gasteiger partial charge in [-0.2, -0.15) is 0 Å². The number of pyridine rings is 2. The molecule has 0 radical (unpaired) electrons. The Morgan fingerprint density at radius 2 is 1.32 bits per heavy atom. The third kappa shape index (κ3) is 4.11. The first-order chi connectivity index (χ1) is 18.7. The van der Waals surface area contributed by atoms with Crippen LogP contribution in [0, 0.1) is 0 Å². The molecule has 9 heteroatoms. The van der Waals surface area contributed by atoms with Crippen LogP contribution in [0.1, 0.15) is 0 Å². The number of aromatic nitrogens is 4. The number of morpholine rings is 1. The van der Waals surface area contributed by atoms with Crippen molar-refractivity contribution < 1.29 is 4.74 Å². The van der Waals surface area contributed by atoms with E-state index in [4.69, 9.17) is 26.9 Å². The summed E-state index contributed by atoms with van der Waals surface area (Å²) >= 11 is 5.59. The molecule has 0 aliphatic carbocycles. The highest BCUT2D eigenvalue weighted by atomic mass is 32.1. The predicted molar refractivity (Wildman–Crippen MR) is 157 cm³/mol. The van der Waals surface area contributed by atoms with Crippen molar-refractivity contribution in [2.45, 2.75) is 0 Å². The van der Waals surface area contributed by atoms with Crippen LogP contribution in [0.5, 0.6) is 0 Å². The molecule has 0 spiro atoms. The van der Waals surface area contributed by atoms with E-state index in [0.29, 0.717) is 5.11 Å². The summed E-state index contributed by atoms with van der Waals surface area (Å²) in [5.74, 6) is 0. The van der Waals surface area contributed by atoms with E-state index >= 15 is 0 Å². The Morgan fingerprint density at radius 3 is 2.00 bits per heavy atom. The average Bonchev–Trinajstić information content (AvgIpc) is 2.97. The number of hydrogen-bond acceptors (Lipinski definition) is 7. The molecule has 7 rings (SSSR count). The minimum Gasteiger partial charge on any atom is -0.378 e. The Bertz CT molecular complexity index is 1840. The lowest BCUT2D eigenvalue weighted by Crippen LogP contribution is -2.36. The molecule has 1 aliphatic heterocycles. The number of benzene rings is 3. The monoisotopic (exact) mass is 517 g/mol. The first kappa shape index (κ1) is 22.7. The van der Waals surface area contributed by atoms with E-state index < -0.39 is 0 Å².